The van der Waals surface area contributed by atoms with Gasteiger partial charge in [-0.3, -0.25) is 4.90 Å². The first kappa shape index (κ1) is 13.1. The quantitative estimate of drug-likeness (QED) is 0.860. The van der Waals surface area contributed by atoms with Crippen molar-refractivity contribution in [2.45, 2.75) is 25.4 Å². The lowest BCUT2D eigenvalue weighted by Gasteiger charge is -2.26. The van der Waals surface area contributed by atoms with Crippen LogP contribution in [0.2, 0.25) is 0 Å². The maximum atomic E-state index is 11.0. The fourth-order valence-electron chi connectivity index (χ4n) is 2.60. The third-order valence-electron chi connectivity index (χ3n) is 3.39. The molecule has 1 N–H and O–H groups in total. The van der Waals surface area contributed by atoms with Crippen molar-refractivity contribution in [2.24, 2.45) is 0 Å². The van der Waals surface area contributed by atoms with E-state index in [4.69, 9.17) is 9.52 Å². The number of carboxylic acid groups (broad SMARTS) is 1. The molecule has 18 heavy (non-hydrogen) atoms. The lowest BCUT2D eigenvalue weighted by molar-refractivity contribution is 0.0658. The number of carbonyl (C=O) groups is 1. The Kier molecular flexibility index (Phi) is 4.04. The molecule has 0 radical (unpaired) electrons. The van der Waals surface area contributed by atoms with Crippen molar-refractivity contribution in [2.75, 3.05) is 27.2 Å². The van der Waals surface area contributed by atoms with Gasteiger partial charge >= 0.3 is 5.97 Å². The molecule has 1 saturated heterocycles. The molecule has 1 unspecified atom stereocenters. The van der Waals surface area contributed by atoms with Gasteiger partial charge in [-0.1, -0.05) is 0 Å². The first-order valence-corrected chi connectivity index (χ1v) is 6.26. The van der Waals surface area contributed by atoms with Crippen molar-refractivity contribution in [3.63, 3.8) is 0 Å². The number of likely N-dealkylation sites (tertiary alicyclic amines) is 1. The molecule has 0 bridgehead atoms. The fourth-order valence-corrected chi connectivity index (χ4v) is 2.60. The van der Waals surface area contributed by atoms with Crippen LogP contribution in [0.1, 0.15) is 29.0 Å². The zero-order valence-corrected chi connectivity index (χ0v) is 10.9. The van der Waals surface area contributed by atoms with Crippen molar-refractivity contribution in [1.82, 2.24) is 9.80 Å². The predicted octanol–water partition coefficient (Wildman–Crippen LogP) is 1.50. The smallest absolute Gasteiger partial charge is 0.372 e. The number of hydrogen-bond acceptors (Lipinski definition) is 4. The van der Waals surface area contributed by atoms with E-state index in [0.29, 0.717) is 12.6 Å². The van der Waals surface area contributed by atoms with Crippen LogP contribution in [0.3, 0.4) is 0 Å². The molecule has 0 amide bonds. The molecule has 1 aromatic rings. The summed E-state index contributed by atoms with van der Waals surface area (Å²) in [7, 11) is 4.13. The summed E-state index contributed by atoms with van der Waals surface area (Å²) in [5.41, 5.74) is 0.771. The Morgan fingerprint density at radius 2 is 2.39 bits per heavy atom. The highest BCUT2D eigenvalue weighted by Gasteiger charge is 2.26. The molecule has 1 aliphatic heterocycles. The van der Waals surface area contributed by atoms with Gasteiger partial charge in [0.2, 0.25) is 5.76 Å². The van der Waals surface area contributed by atoms with Gasteiger partial charge in [0.05, 0.1) is 6.26 Å². The van der Waals surface area contributed by atoms with Gasteiger partial charge in [-0.05, 0) is 39.5 Å². The first-order valence-electron chi connectivity index (χ1n) is 6.26. The van der Waals surface area contributed by atoms with Crippen molar-refractivity contribution in [3.8, 4) is 0 Å². The SMILES string of the molecule is CN(C)CC1CCCN1Cc1ccoc1C(=O)O. The molecule has 5 heteroatoms. The van der Waals surface area contributed by atoms with E-state index in [1.54, 1.807) is 6.07 Å². The lowest BCUT2D eigenvalue weighted by Crippen LogP contribution is -2.37. The van der Waals surface area contributed by atoms with Crippen molar-refractivity contribution in [1.29, 1.82) is 0 Å². The minimum absolute atomic E-state index is 0.0745. The summed E-state index contributed by atoms with van der Waals surface area (Å²) in [4.78, 5) is 15.5. The summed E-state index contributed by atoms with van der Waals surface area (Å²) in [5, 5.41) is 9.02. The van der Waals surface area contributed by atoms with E-state index in [2.05, 4.69) is 23.9 Å². The minimum Gasteiger partial charge on any atom is -0.475 e. The molecule has 0 spiro atoms. The van der Waals surface area contributed by atoms with Gasteiger partial charge in [0, 0.05) is 24.7 Å². The topological polar surface area (TPSA) is 56.9 Å². The number of nitrogens with zero attached hydrogens (tertiary/aromatic N) is 2. The summed E-state index contributed by atoms with van der Waals surface area (Å²) in [6.07, 6.45) is 3.81. The second kappa shape index (κ2) is 5.54. The molecule has 100 valence electrons. The third kappa shape index (κ3) is 2.91. The first-order chi connectivity index (χ1) is 8.58. The predicted molar refractivity (Wildman–Crippen MR) is 67.7 cm³/mol. The van der Waals surface area contributed by atoms with E-state index in [1.807, 2.05) is 0 Å². The van der Waals surface area contributed by atoms with Gasteiger partial charge in [-0.2, -0.15) is 0 Å². The molecular weight excluding hydrogens is 232 g/mol. The van der Waals surface area contributed by atoms with Gasteiger partial charge in [0.25, 0.3) is 0 Å². The van der Waals surface area contributed by atoms with E-state index >= 15 is 0 Å². The Labute approximate surface area is 107 Å². The number of carboxylic acids is 1. The highest BCUT2D eigenvalue weighted by Crippen LogP contribution is 2.22. The van der Waals surface area contributed by atoms with Crippen LogP contribution < -0.4 is 0 Å². The molecular formula is C13H20N2O3. The molecule has 1 aliphatic rings. The van der Waals surface area contributed by atoms with Gasteiger partial charge in [0.1, 0.15) is 0 Å². The van der Waals surface area contributed by atoms with Crippen LogP contribution in [0, 0.1) is 0 Å². The largest absolute Gasteiger partial charge is 0.475 e. The molecule has 0 aromatic carbocycles. The molecule has 0 saturated carbocycles. The van der Waals surface area contributed by atoms with E-state index in [0.717, 1.165) is 18.7 Å². The van der Waals surface area contributed by atoms with Crippen molar-refractivity contribution >= 4 is 5.97 Å². The molecule has 1 atom stereocenters. The van der Waals surface area contributed by atoms with Gasteiger partial charge in [-0.15, -0.1) is 0 Å². The van der Waals surface area contributed by atoms with Gasteiger partial charge in [-0.25, -0.2) is 4.79 Å². The summed E-state index contributed by atoms with van der Waals surface area (Å²) in [5.74, 6) is -0.913. The summed E-state index contributed by atoms with van der Waals surface area (Å²) >= 11 is 0. The summed E-state index contributed by atoms with van der Waals surface area (Å²) in [6, 6.07) is 2.27. The van der Waals surface area contributed by atoms with Crippen LogP contribution in [0.4, 0.5) is 0 Å². The highest BCUT2D eigenvalue weighted by molar-refractivity contribution is 5.86. The van der Waals surface area contributed by atoms with E-state index in [-0.39, 0.29) is 5.76 Å². The van der Waals surface area contributed by atoms with Crippen LogP contribution in [0.5, 0.6) is 0 Å². The van der Waals surface area contributed by atoms with Crippen LogP contribution in [-0.4, -0.2) is 54.1 Å². The van der Waals surface area contributed by atoms with E-state index in [9.17, 15) is 4.79 Å². The van der Waals surface area contributed by atoms with E-state index in [1.165, 1.54) is 19.1 Å². The molecule has 1 aromatic heterocycles. The zero-order valence-electron chi connectivity index (χ0n) is 10.9. The molecule has 0 aliphatic carbocycles. The monoisotopic (exact) mass is 252 g/mol. The van der Waals surface area contributed by atoms with Crippen LogP contribution >= 0.6 is 0 Å². The standard InChI is InChI=1S/C13H20N2O3/c1-14(2)9-11-4-3-6-15(11)8-10-5-7-18-12(10)13(16)17/h5,7,11H,3-4,6,8-9H2,1-2H3,(H,16,17). The Hall–Kier alpha value is -1.33. The second-order valence-electron chi connectivity index (χ2n) is 5.11. The van der Waals surface area contributed by atoms with E-state index < -0.39 is 5.97 Å². The maximum Gasteiger partial charge on any atom is 0.372 e. The maximum absolute atomic E-state index is 11.0. The Balaban J connectivity index is 2.03. The second-order valence-corrected chi connectivity index (χ2v) is 5.11. The average Bonchev–Trinajstić information content (AvgIpc) is 2.88. The summed E-state index contributed by atoms with van der Waals surface area (Å²) < 4.78 is 5.02. The number of hydrogen-bond donors (Lipinski definition) is 1. The number of likely N-dealkylation sites (N-methyl/N-ethyl adjacent to an activating group) is 1. The van der Waals surface area contributed by atoms with Crippen molar-refractivity contribution < 1.29 is 14.3 Å². The molecule has 5 nitrogen and oxygen atoms in total. The van der Waals surface area contributed by atoms with Crippen molar-refractivity contribution in [3.05, 3.63) is 23.7 Å². The molecule has 2 rings (SSSR count). The number of rotatable bonds is 5. The number of aromatic carboxylic acids is 1. The van der Waals surface area contributed by atoms with Crippen LogP contribution in [-0.2, 0) is 6.54 Å². The summed E-state index contributed by atoms with van der Waals surface area (Å²) in [6.45, 7) is 2.71. The highest BCUT2D eigenvalue weighted by atomic mass is 16.4. The molecule has 1 fully saturated rings. The molecule has 2 heterocycles. The van der Waals surface area contributed by atoms with Gasteiger partial charge < -0.3 is 14.4 Å². The Morgan fingerprint density at radius 1 is 1.61 bits per heavy atom. The fraction of sp³-hybridized carbons (Fsp3) is 0.615. The number of furan rings is 1. The lowest BCUT2D eigenvalue weighted by atomic mass is 10.2. The normalized spacial score (nSPS) is 20.7. The van der Waals surface area contributed by atoms with Crippen LogP contribution in [0.25, 0.3) is 0 Å². The van der Waals surface area contributed by atoms with Crippen LogP contribution in [0.15, 0.2) is 16.7 Å². The minimum atomic E-state index is -0.988. The average molecular weight is 252 g/mol. The Bertz CT molecular complexity index is 414. The third-order valence-corrected chi connectivity index (χ3v) is 3.39. The van der Waals surface area contributed by atoms with Gasteiger partial charge in [0.15, 0.2) is 0 Å². The zero-order chi connectivity index (χ0) is 13.1. The Morgan fingerprint density at radius 3 is 3.06 bits per heavy atom.